The minimum Gasteiger partial charge on any atom is -0.292 e. The zero-order valence-corrected chi connectivity index (χ0v) is 5.27. The van der Waals surface area contributed by atoms with E-state index in [2.05, 4.69) is 9.98 Å². The SMILES string of the molecule is N[C@@]1(F)CN=CN=C1Cl. The average Bonchev–Trinajstić information content (AvgIpc) is 1.77. The van der Waals surface area contributed by atoms with Gasteiger partial charge in [-0.3, -0.25) is 10.7 Å². The fourth-order valence-electron chi connectivity index (χ4n) is 0.438. The Morgan fingerprint density at radius 2 is 2.56 bits per heavy atom. The highest BCUT2D eigenvalue weighted by Crippen LogP contribution is 2.12. The lowest BCUT2D eigenvalue weighted by Crippen LogP contribution is -2.45. The van der Waals surface area contributed by atoms with E-state index in [-0.39, 0.29) is 11.7 Å². The molecule has 3 nitrogen and oxygen atoms in total. The second kappa shape index (κ2) is 2.04. The van der Waals surface area contributed by atoms with Gasteiger partial charge in [-0.05, 0) is 0 Å². The van der Waals surface area contributed by atoms with Gasteiger partial charge in [-0.1, -0.05) is 11.6 Å². The molecule has 1 rings (SSSR count). The molecule has 0 saturated carbocycles. The Bertz CT molecular complexity index is 175. The van der Waals surface area contributed by atoms with Crippen molar-refractivity contribution < 1.29 is 4.39 Å². The van der Waals surface area contributed by atoms with E-state index in [9.17, 15) is 4.39 Å². The number of nitrogens with zero attached hydrogens (tertiary/aromatic N) is 2. The Morgan fingerprint density at radius 3 is 2.89 bits per heavy atom. The third-order valence-corrected chi connectivity index (χ3v) is 1.33. The van der Waals surface area contributed by atoms with Crippen molar-refractivity contribution in [3.05, 3.63) is 0 Å². The summed E-state index contributed by atoms with van der Waals surface area (Å²) in [6.45, 7) is -0.144. The van der Waals surface area contributed by atoms with Crippen molar-refractivity contribution >= 4 is 23.1 Å². The molecule has 1 aliphatic rings. The highest BCUT2D eigenvalue weighted by Gasteiger charge is 2.30. The summed E-state index contributed by atoms with van der Waals surface area (Å²) in [6, 6.07) is 0. The van der Waals surface area contributed by atoms with E-state index in [1.807, 2.05) is 0 Å². The fourth-order valence-corrected chi connectivity index (χ4v) is 0.541. The molecule has 0 amide bonds. The van der Waals surface area contributed by atoms with Crippen LogP contribution in [0.15, 0.2) is 9.98 Å². The van der Waals surface area contributed by atoms with E-state index in [1.165, 1.54) is 6.34 Å². The van der Waals surface area contributed by atoms with Gasteiger partial charge < -0.3 is 0 Å². The Balaban J connectivity index is 2.83. The summed E-state index contributed by atoms with van der Waals surface area (Å²) in [5.74, 6) is -2.05. The zero-order valence-electron chi connectivity index (χ0n) is 4.51. The summed E-state index contributed by atoms with van der Waals surface area (Å²) < 4.78 is 12.7. The van der Waals surface area contributed by atoms with Gasteiger partial charge in [0.15, 0.2) is 5.17 Å². The third kappa shape index (κ3) is 1.25. The summed E-state index contributed by atoms with van der Waals surface area (Å²) >= 11 is 5.27. The molecular formula is C4H5ClFN3. The van der Waals surface area contributed by atoms with E-state index in [0.717, 1.165) is 0 Å². The Kier molecular flexibility index (Phi) is 1.50. The van der Waals surface area contributed by atoms with E-state index in [0.29, 0.717) is 0 Å². The lowest BCUT2D eigenvalue weighted by Gasteiger charge is -2.16. The van der Waals surface area contributed by atoms with Crippen LogP contribution in [0, 0.1) is 0 Å². The monoisotopic (exact) mass is 149 g/mol. The van der Waals surface area contributed by atoms with Gasteiger partial charge in [-0.25, -0.2) is 9.38 Å². The first-order valence-corrected chi connectivity index (χ1v) is 2.70. The third-order valence-electron chi connectivity index (χ3n) is 0.917. The first-order chi connectivity index (χ1) is 4.13. The van der Waals surface area contributed by atoms with Crippen molar-refractivity contribution in [3.63, 3.8) is 0 Å². The zero-order chi connectivity index (χ0) is 6.91. The number of aliphatic imine (C=N–C) groups is 2. The smallest absolute Gasteiger partial charge is 0.232 e. The number of hydrogen-bond acceptors (Lipinski definition) is 3. The molecule has 0 unspecified atom stereocenters. The van der Waals surface area contributed by atoms with Crippen molar-refractivity contribution in [1.29, 1.82) is 0 Å². The predicted octanol–water partition coefficient (Wildman–Crippen LogP) is 0.290. The van der Waals surface area contributed by atoms with Crippen LogP contribution in [0.3, 0.4) is 0 Å². The van der Waals surface area contributed by atoms with E-state index >= 15 is 0 Å². The highest BCUT2D eigenvalue weighted by atomic mass is 35.5. The first kappa shape index (κ1) is 6.64. The molecule has 9 heavy (non-hydrogen) atoms. The van der Waals surface area contributed by atoms with E-state index < -0.39 is 5.79 Å². The first-order valence-electron chi connectivity index (χ1n) is 2.33. The van der Waals surface area contributed by atoms with Crippen molar-refractivity contribution in [3.8, 4) is 0 Å². The molecule has 50 valence electrons. The summed E-state index contributed by atoms with van der Waals surface area (Å²) in [7, 11) is 0. The Labute approximate surface area is 56.4 Å². The van der Waals surface area contributed by atoms with Crippen LogP contribution in [0.2, 0.25) is 0 Å². The molecular weight excluding hydrogens is 145 g/mol. The molecule has 1 heterocycles. The van der Waals surface area contributed by atoms with Gasteiger partial charge in [-0.2, -0.15) is 0 Å². The largest absolute Gasteiger partial charge is 0.292 e. The molecule has 0 fully saturated rings. The fraction of sp³-hybridized carbons (Fsp3) is 0.500. The van der Waals surface area contributed by atoms with Crippen LogP contribution in [0.4, 0.5) is 4.39 Å². The number of nitrogens with two attached hydrogens (primary N) is 1. The molecule has 5 heteroatoms. The van der Waals surface area contributed by atoms with Crippen LogP contribution >= 0.6 is 11.6 Å². The molecule has 0 aromatic carbocycles. The lowest BCUT2D eigenvalue weighted by atomic mass is 10.3. The second-order valence-corrected chi connectivity index (χ2v) is 2.10. The molecule has 1 atom stereocenters. The maximum Gasteiger partial charge on any atom is 0.232 e. The van der Waals surface area contributed by atoms with Crippen LogP contribution in [-0.2, 0) is 0 Å². The normalized spacial score (nSPS) is 34.3. The quantitative estimate of drug-likeness (QED) is 0.495. The number of alkyl halides is 1. The minimum atomic E-state index is -2.05. The molecule has 0 aromatic heterocycles. The van der Waals surface area contributed by atoms with Gasteiger partial charge in [0.05, 0.1) is 6.54 Å². The number of rotatable bonds is 0. The molecule has 1 aliphatic heterocycles. The van der Waals surface area contributed by atoms with Crippen LogP contribution in [0.25, 0.3) is 0 Å². The van der Waals surface area contributed by atoms with Crippen molar-refractivity contribution in [2.24, 2.45) is 15.7 Å². The average molecular weight is 150 g/mol. The van der Waals surface area contributed by atoms with Gasteiger partial charge in [0.1, 0.15) is 6.34 Å². The summed E-state index contributed by atoms with van der Waals surface area (Å²) in [4.78, 5) is 6.86. The van der Waals surface area contributed by atoms with Crippen molar-refractivity contribution in [2.45, 2.75) is 5.79 Å². The molecule has 2 N–H and O–H groups in total. The molecule has 0 aromatic rings. The standard InChI is InChI=1S/C4H5ClFN3/c5-3-4(6,7)1-8-2-9-3/h2H,1,7H2/t4-/m0/s1. The summed E-state index contributed by atoms with van der Waals surface area (Å²) in [5, 5.41) is -0.238. The van der Waals surface area contributed by atoms with Gasteiger partial charge >= 0.3 is 0 Å². The molecule has 0 saturated heterocycles. The summed E-state index contributed by atoms with van der Waals surface area (Å²) in [5.41, 5.74) is 4.98. The second-order valence-electron chi connectivity index (χ2n) is 1.74. The van der Waals surface area contributed by atoms with Gasteiger partial charge in [0, 0.05) is 0 Å². The van der Waals surface area contributed by atoms with Crippen molar-refractivity contribution in [1.82, 2.24) is 0 Å². The van der Waals surface area contributed by atoms with Crippen LogP contribution in [0.5, 0.6) is 0 Å². The van der Waals surface area contributed by atoms with Crippen LogP contribution in [0.1, 0.15) is 0 Å². The van der Waals surface area contributed by atoms with Crippen molar-refractivity contribution in [2.75, 3.05) is 6.54 Å². The maximum absolute atomic E-state index is 12.7. The Morgan fingerprint density at radius 1 is 1.89 bits per heavy atom. The lowest BCUT2D eigenvalue weighted by molar-refractivity contribution is 0.279. The predicted molar refractivity (Wildman–Crippen MR) is 34.7 cm³/mol. The molecule has 0 radical (unpaired) electrons. The number of hydrogen-bond donors (Lipinski definition) is 1. The molecule has 0 aliphatic carbocycles. The van der Waals surface area contributed by atoms with Gasteiger partial charge in [-0.15, -0.1) is 0 Å². The highest BCUT2D eigenvalue weighted by molar-refractivity contribution is 6.68. The summed E-state index contributed by atoms with van der Waals surface area (Å²) in [6.07, 6.45) is 1.19. The van der Waals surface area contributed by atoms with Gasteiger partial charge in [0.2, 0.25) is 5.79 Å². The van der Waals surface area contributed by atoms with E-state index in [1.54, 1.807) is 0 Å². The maximum atomic E-state index is 12.7. The van der Waals surface area contributed by atoms with Crippen LogP contribution in [-0.4, -0.2) is 23.8 Å². The number of halogens is 2. The minimum absolute atomic E-state index is 0.144. The topological polar surface area (TPSA) is 50.7 Å². The van der Waals surface area contributed by atoms with E-state index in [4.69, 9.17) is 17.3 Å². The Hall–Kier alpha value is -0.480. The molecule has 0 bridgehead atoms. The molecule has 0 spiro atoms. The van der Waals surface area contributed by atoms with Crippen LogP contribution < -0.4 is 5.73 Å². The van der Waals surface area contributed by atoms with Gasteiger partial charge in [0.25, 0.3) is 0 Å².